The Labute approximate surface area is 197 Å². The van der Waals surface area contributed by atoms with E-state index in [0.29, 0.717) is 24.3 Å². The molecule has 0 radical (unpaired) electrons. The summed E-state index contributed by atoms with van der Waals surface area (Å²) < 4.78 is 74.1. The lowest BCUT2D eigenvalue weighted by molar-refractivity contribution is -0.202. The van der Waals surface area contributed by atoms with Crippen LogP contribution in [0.5, 0.6) is 5.75 Å². The first-order valence-corrected chi connectivity index (χ1v) is 11.2. The molecule has 3 aromatic rings. The minimum atomic E-state index is -0.885. The topological polar surface area (TPSA) is 27.7 Å². The summed E-state index contributed by atoms with van der Waals surface area (Å²) in [4.78, 5) is 0. The van der Waals surface area contributed by atoms with Gasteiger partial charge in [0.25, 0.3) is 0 Å². The second-order valence-electron chi connectivity index (χ2n) is 7.96. The quantitative estimate of drug-likeness (QED) is 0.357. The van der Waals surface area contributed by atoms with Gasteiger partial charge >= 0.3 is 0 Å². The van der Waals surface area contributed by atoms with E-state index in [2.05, 4.69) is 0 Å². The van der Waals surface area contributed by atoms with Crippen molar-refractivity contribution in [2.75, 3.05) is 13.2 Å². The minimum Gasteiger partial charge on any atom is -0.489 e. The first-order valence-electron chi connectivity index (χ1n) is 11.2. The third-order valence-corrected chi connectivity index (χ3v) is 5.31. The van der Waals surface area contributed by atoms with Crippen LogP contribution in [0.4, 0.5) is 17.6 Å². The number of aryl methyl sites for hydroxylation is 1. The number of halogens is 4. The van der Waals surface area contributed by atoms with E-state index in [1.54, 1.807) is 13.0 Å². The lowest BCUT2D eigenvalue weighted by Gasteiger charge is -2.27. The molecule has 4 rings (SSSR count). The predicted octanol–water partition coefficient (Wildman–Crippen LogP) is 7.51. The molecule has 0 spiro atoms. The highest BCUT2D eigenvalue weighted by Gasteiger charge is 2.22. The summed E-state index contributed by atoms with van der Waals surface area (Å²) >= 11 is 0. The van der Waals surface area contributed by atoms with E-state index >= 15 is 0 Å². The van der Waals surface area contributed by atoms with Crippen molar-refractivity contribution in [3.05, 3.63) is 88.5 Å². The summed E-state index contributed by atoms with van der Waals surface area (Å²) in [5.41, 5.74) is 0.694. The van der Waals surface area contributed by atoms with Gasteiger partial charge in [-0.2, -0.15) is 0 Å². The molecule has 0 N–H and O–H groups in total. The average Bonchev–Trinajstić information content (AvgIpc) is 2.82. The number of ether oxygens (including phenoxy) is 3. The van der Waals surface area contributed by atoms with Crippen LogP contribution in [0.15, 0.2) is 48.5 Å². The van der Waals surface area contributed by atoms with E-state index in [0.717, 1.165) is 18.2 Å². The van der Waals surface area contributed by atoms with Gasteiger partial charge in [-0.3, -0.25) is 0 Å². The van der Waals surface area contributed by atoms with Gasteiger partial charge in [-0.15, -0.1) is 0 Å². The fraction of sp³-hybridized carbons (Fsp3) is 0.333. The van der Waals surface area contributed by atoms with Crippen molar-refractivity contribution in [3.63, 3.8) is 0 Å². The van der Waals surface area contributed by atoms with Gasteiger partial charge in [-0.25, -0.2) is 17.6 Å². The van der Waals surface area contributed by atoms with Crippen LogP contribution < -0.4 is 4.74 Å². The van der Waals surface area contributed by atoms with Gasteiger partial charge in [-0.1, -0.05) is 39.0 Å². The van der Waals surface area contributed by atoms with E-state index in [1.165, 1.54) is 24.3 Å². The number of hydrogen-bond donors (Lipinski definition) is 0. The summed E-state index contributed by atoms with van der Waals surface area (Å²) in [7, 11) is 0. The summed E-state index contributed by atoms with van der Waals surface area (Å²) in [5, 5.41) is 0. The molecule has 182 valence electrons. The highest BCUT2D eigenvalue weighted by atomic mass is 19.1. The zero-order valence-electron chi connectivity index (χ0n) is 19.6. The molecule has 1 aliphatic heterocycles. The lowest BCUT2D eigenvalue weighted by Crippen LogP contribution is -2.25. The minimum absolute atomic E-state index is 0.0452. The Morgan fingerprint density at radius 2 is 1.47 bits per heavy atom. The Morgan fingerprint density at radius 1 is 0.824 bits per heavy atom. The standard InChI is InChI=1S/C25H22F4O3.C2H6/c1-14-11-31-25(32-12-14)16-4-6-19(22(27)7-16)17-8-23(28)20(24(29)9-17)13-30-18-5-3-15(2)21(26)10-18;1-2/h3-10,14,25H,11-13H2,1-2H3;1-2H3. The van der Waals surface area contributed by atoms with Crippen LogP contribution in [0.2, 0.25) is 0 Å². The first-order chi connectivity index (χ1) is 16.3. The van der Waals surface area contributed by atoms with Gasteiger partial charge in [0.1, 0.15) is 35.6 Å². The van der Waals surface area contributed by atoms with Crippen molar-refractivity contribution in [1.82, 2.24) is 0 Å². The second-order valence-corrected chi connectivity index (χ2v) is 7.96. The Kier molecular flexibility index (Phi) is 8.69. The highest BCUT2D eigenvalue weighted by Crippen LogP contribution is 2.31. The fourth-order valence-corrected chi connectivity index (χ4v) is 3.42. The van der Waals surface area contributed by atoms with Crippen molar-refractivity contribution in [1.29, 1.82) is 0 Å². The number of benzene rings is 3. The molecule has 0 aromatic heterocycles. The smallest absolute Gasteiger partial charge is 0.183 e. The average molecular weight is 477 g/mol. The Balaban J connectivity index is 0.00000158. The summed E-state index contributed by atoms with van der Waals surface area (Å²) in [6, 6.07) is 10.6. The molecular weight excluding hydrogens is 448 g/mol. The van der Waals surface area contributed by atoms with E-state index in [9.17, 15) is 17.6 Å². The van der Waals surface area contributed by atoms with Crippen LogP contribution in [-0.2, 0) is 16.1 Å². The van der Waals surface area contributed by atoms with Gasteiger partial charge in [-0.05, 0) is 42.3 Å². The second kappa shape index (κ2) is 11.5. The molecule has 0 bridgehead atoms. The fourth-order valence-electron chi connectivity index (χ4n) is 3.42. The number of hydrogen-bond acceptors (Lipinski definition) is 3. The van der Waals surface area contributed by atoms with Gasteiger partial charge in [0.15, 0.2) is 6.29 Å². The first kappa shape index (κ1) is 25.7. The van der Waals surface area contributed by atoms with E-state index in [4.69, 9.17) is 14.2 Å². The monoisotopic (exact) mass is 476 g/mol. The van der Waals surface area contributed by atoms with Crippen LogP contribution in [-0.4, -0.2) is 13.2 Å². The van der Waals surface area contributed by atoms with Crippen LogP contribution in [0.3, 0.4) is 0 Å². The van der Waals surface area contributed by atoms with E-state index < -0.39 is 36.2 Å². The van der Waals surface area contributed by atoms with Crippen molar-refractivity contribution >= 4 is 0 Å². The van der Waals surface area contributed by atoms with Crippen LogP contribution in [0, 0.1) is 36.1 Å². The third kappa shape index (κ3) is 5.96. The van der Waals surface area contributed by atoms with Crippen molar-refractivity contribution in [3.8, 4) is 16.9 Å². The molecule has 3 aromatic carbocycles. The van der Waals surface area contributed by atoms with Gasteiger partial charge in [0.05, 0.1) is 18.8 Å². The molecule has 1 aliphatic rings. The predicted molar refractivity (Wildman–Crippen MR) is 122 cm³/mol. The van der Waals surface area contributed by atoms with Crippen LogP contribution >= 0.6 is 0 Å². The van der Waals surface area contributed by atoms with E-state index in [1.807, 2.05) is 20.8 Å². The Morgan fingerprint density at radius 3 is 2.06 bits per heavy atom. The molecule has 34 heavy (non-hydrogen) atoms. The molecular formula is C27H28F4O3. The third-order valence-electron chi connectivity index (χ3n) is 5.31. The van der Waals surface area contributed by atoms with E-state index in [-0.39, 0.29) is 28.4 Å². The zero-order valence-corrected chi connectivity index (χ0v) is 19.6. The normalized spacial score (nSPS) is 17.6. The maximum absolute atomic E-state index is 14.8. The maximum Gasteiger partial charge on any atom is 0.183 e. The molecule has 1 heterocycles. The van der Waals surface area contributed by atoms with Crippen molar-refractivity contribution < 1.29 is 31.8 Å². The molecule has 1 fully saturated rings. The molecule has 3 nitrogen and oxygen atoms in total. The SMILES string of the molecule is CC.Cc1ccc(OCc2c(F)cc(-c3ccc(C4OCC(C)CO4)cc3F)cc2F)cc1F. The molecule has 0 aliphatic carbocycles. The molecule has 1 saturated heterocycles. The lowest BCUT2D eigenvalue weighted by atomic mass is 10.0. The molecule has 0 saturated carbocycles. The van der Waals surface area contributed by atoms with Crippen LogP contribution in [0.1, 0.15) is 43.8 Å². The summed E-state index contributed by atoms with van der Waals surface area (Å²) in [6.45, 7) is 8.15. The molecule has 7 heteroatoms. The highest BCUT2D eigenvalue weighted by molar-refractivity contribution is 5.65. The number of rotatable bonds is 5. The zero-order chi connectivity index (χ0) is 24.8. The molecule has 0 atom stereocenters. The Hall–Kier alpha value is -2.90. The van der Waals surface area contributed by atoms with Gasteiger partial charge < -0.3 is 14.2 Å². The van der Waals surface area contributed by atoms with Gasteiger partial charge in [0, 0.05) is 23.1 Å². The molecule has 0 amide bonds. The largest absolute Gasteiger partial charge is 0.489 e. The maximum atomic E-state index is 14.8. The summed E-state index contributed by atoms with van der Waals surface area (Å²) in [5.74, 6) is -2.48. The Bertz CT molecular complexity index is 1100. The van der Waals surface area contributed by atoms with Gasteiger partial charge in [0.2, 0.25) is 0 Å². The van der Waals surface area contributed by atoms with Crippen molar-refractivity contribution in [2.45, 2.75) is 40.6 Å². The molecule has 0 unspecified atom stereocenters. The van der Waals surface area contributed by atoms with Crippen LogP contribution in [0.25, 0.3) is 11.1 Å². The summed E-state index contributed by atoms with van der Waals surface area (Å²) in [6.07, 6.45) is -0.672. The van der Waals surface area contributed by atoms with Crippen molar-refractivity contribution in [2.24, 2.45) is 5.92 Å².